The molecule has 0 heterocycles. The van der Waals surface area contributed by atoms with Gasteiger partial charge in [0.2, 0.25) is 5.91 Å². The highest BCUT2D eigenvalue weighted by molar-refractivity contribution is 5.96. The molecule has 0 saturated heterocycles. The Labute approximate surface area is 167 Å². The third kappa shape index (κ3) is 6.94. The molecule has 4 nitrogen and oxygen atoms in total. The number of hydrogen-bond donors (Lipinski definition) is 2. The zero-order valence-corrected chi connectivity index (χ0v) is 15.2. The van der Waals surface area contributed by atoms with Crippen LogP contribution in [0.5, 0.6) is 0 Å². The topological polar surface area (TPSA) is 58.2 Å². The van der Waals surface area contributed by atoms with Crippen LogP contribution in [0.15, 0.2) is 66.9 Å². The van der Waals surface area contributed by atoms with Gasteiger partial charge in [-0.05, 0) is 23.8 Å². The number of nitrogens with one attached hydrogen (secondary N) is 2. The molecule has 2 aromatic carbocycles. The zero-order chi connectivity index (χ0) is 22.4. The number of halogens is 6. The summed E-state index contributed by atoms with van der Waals surface area (Å²) in [6.07, 6.45) is -8.74. The lowest BCUT2D eigenvalue weighted by Crippen LogP contribution is -2.40. The number of anilines is 1. The minimum absolute atomic E-state index is 0.0101. The molecule has 0 aliphatic carbocycles. The van der Waals surface area contributed by atoms with Crippen molar-refractivity contribution in [2.45, 2.75) is 24.8 Å². The molecule has 160 valence electrons. The van der Waals surface area contributed by atoms with E-state index in [9.17, 15) is 35.9 Å². The number of amides is 1. The summed E-state index contributed by atoms with van der Waals surface area (Å²) in [4.78, 5) is 23.5. The molecule has 1 unspecified atom stereocenters. The molecule has 1 amide bonds. The molecule has 0 aliphatic heterocycles. The molecule has 0 bridgehead atoms. The normalized spacial score (nSPS) is 13.1. The van der Waals surface area contributed by atoms with E-state index < -0.39 is 35.6 Å². The van der Waals surface area contributed by atoms with Crippen molar-refractivity contribution in [1.82, 2.24) is 5.32 Å². The summed E-state index contributed by atoms with van der Waals surface area (Å²) in [5.41, 5.74) is -0.460. The quantitative estimate of drug-likeness (QED) is 0.503. The Morgan fingerprint density at radius 3 is 2.20 bits per heavy atom. The van der Waals surface area contributed by atoms with Crippen molar-refractivity contribution >= 4 is 17.4 Å². The molecule has 2 aromatic rings. The van der Waals surface area contributed by atoms with Crippen LogP contribution in [-0.2, 0) is 22.2 Å². The van der Waals surface area contributed by atoms with Gasteiger partial charge in [0.1, 0.15) is 6.04 Å². The highest BCUT2D eigenvalue weighted by Crippen LogP contribution is 2.30. The number of carbonyl (C=O) groups is 2. The second-order valence-electron chi connectivity index (χ2n) is 6.17. The van der Waals surface area contributed by atoms with Crippen molar-refractivity contribution in [2.24, 2.45) is 0 Å². The predicted molar refractivity (Wildman–Crippen MR) is 97.3 cm³/mol. The summed E-state index contributed by atoms with van der Waals surface area (Å²) in [6.45, 7) is 0. The maximum Gasteiger partial charge on any atom is 0.454 e. The zero-order valence-electron chi connectivity index (χ0n) is 15.2. The highest BCUT2D eigenvalue weighted by Gasteiger charge is 2.36. The lowest BCUT2D eigenvalue weighted by molar-refractivity contribution is -0.165. The van der Waals surface area contributed by atoms with Crippen LogP contribution in [0.3, 0.4) is 0 Å². The maximum absolute atomic E-state index is 12.8. The number of hydrogen-bond acceptors (Lipinski definition) is 3. The highest BCUT2D eigenvalue weighted by atomic mass is 19.4. The summed E-state index contributed by atoms with van der Waals surface area (Å²) < 4.78 is 75.4. The van der Waals surface area contributed by atoms with Crippen molar-refractivity contribution < 1.29 is 35.9 Å². The molecule has 1 atom stereocenters. The molecule has 0 radical (unpaired) electrons. The summed E-state index contributed by atoms with van der Waals surface area (Å²) in [6, 6.07) is 11.2. The maximum atomic E-state index is 12.8. The van der Waals surface area contributed by atoms with Crippen molar-refractivity contribution in [3.63, 3.8) is 0 Å². The van der Waals surface area contributed by atoms with Gasteiger partial charge in [0, 0.05) is 24.4 Å². The third-order valence-electron chi connectivity index (χ3n) is 3.87. The van der Waals surface area contributed by atoms with E-state index in [0.29, 0.717) is 11.8 Å². The van der Waals surface area contributed by atoms with Gasteiger partial charge in [-0.25, -0.2) is 0 Å². The van der Waals surface area contributed by atoms with Crippen LogP contribution in [-0.4, -0.2) is 23.9 Å². The van der Waals surface area contributed by atoms with Crippen molar-refractivity contribution in [3.05, 3.63) is 78.0 Å². The largest absolute Gasteiger partial charge is 0.454 e. The SMILES string of the molecule is O=C(Nc1cccc(C(F)(F)F)c1)C(Cc1ccccc1)N/C=C/C(=O)C(F)(F)F. The van der Waals surface area contributed by atoms with Gasteiger partial charge in [0.05, 0.1) is 5.56 Å². The summed E-state index contributed by atoms with van der Waals surface area (Å²) in [7, 11) is 0. The van der Waals surface area contributed by atoms with Crippen LogP contribution in [0.2, 0.25) is 0 Å². The van der Waals surface area contributed by atoms with Crippen LogP contribution < -0.4 is 10.6 Å². The smallest absolute Gasteiger partial charge is 0.379 e. The number of allylic oxidation sites excluding steroid dienone is 1. The van der Waals surface area contributed by atoms with Crippen LogP contribution in [0.4, 0.5) is 32.0 Å². The van der Waals surface area contributed by atoms with E-state index in [1.54, 1.807) is 30.3 Å². The molecule has 2 N–H and O–H groups in total. The number of ketones is 1. The Kier molecular flexibility index (Phi) is 7.25. The van der Waals surface area contributed by atoms with E-state index in [0.717, 1.165) is 18.2 Å². The fourth-order valence-corrected chi connectivity index (χ4v) is 2.41. The Morgan fingerprint density at radius 2 is 1.60 bits per heavy atom. The van der Waals surface area contributed by atoms with Gasteiger partial charge in [0.15, 0.2) is 0 Å². The molecular weight excluding hydrogens is 414 g/mol. The van der Waals surface area contributed by atoms with Gasteiger partial charge in [-0.15, -0.1) is 0 Å². The molecule has 0 spiro atoms. The standard InChI is InChI=1S/C20H16F6N2O2/c21-19(22,23)14-7-4-8-15(12-14)28-18(30)16(11-13-5-2-1-3-6-13)27-10-9-17(29)20(24,25)26/h1-10,12,16,27H,11H2,(H,28,30)/b10-9+. The number of rotatable bonds is 7. The minimum Gasteiger partial charge on any atom is -0.379 e. The first-order valence-electron chi connectivity index (χ1n) is 8.52. The number of alkyl halides is 6. The fraction of sp³-hybridized carbons (Fsp3) is 0.200. The van der Waals surface area contributed by atoms with Crippen LogP contribution in [0, 0.1) is 0 Å². The molecule has 2 rings (SSSR count). The van der Waals surface area contributed by atoms with E-state index in [2.05, 4.69) is 10.6 Å². The predicted octanol–water partition coefficient (Wildman–Crippen LogP) is 4.49. The molecule has 0 saturated carbocycles. The monoisotopic (exact) mass is 430 g/mol. The molecule has 10 heteroatoms. The van der Waals surface area contributed by atoms with Crippen LogP contribution >= 0.6 is 0 Å². The van der Waals surface area contributed by atoms with Crippen molar-refractivity contribution in [1.29, 1.82) is 0 Å². The lowest BCUT2D eigenvalue weighted by atomic mass is 10.1. The second kappa shape index (κ2) is 9.47. The van der Waals surface area contributed by atoms with Gasteiger partial charge < -0.3 is 10.6 Å². The second-order valence-corrected chi connectivity index (χ2v) is 6.17. The Hall–Kier alpha value is -3.30. The van der Waals surface area contributed by atoms with Crippen LogP contribution in [0.25, 0.3) is 0 Å². The van der Waals surface area contributed by atoms with E-state index >= 15 is 0 Å². The first kappa shape index (κ1) is 23.0. The Bertz CT molecular complexity index is 908. The third-order valence-corrected chi connectivity index (χ3v) is 3.87. The Morgan fingerprint density at radius 1 is 0.933 bits per heavy atom. The van der Waals surface area contributed by atoms with E-state index in [1.165, 1.54) is 6.07 Å². The van der Waals surface area contributed by atoms with Gasteiger partial charge in [0.25, 0.3) is 5.78 Å². The van der Waals surface area contributed by atoms with Crippen molar-refractivity contribution in [3.8, 4) is 0 Å². The number of benzene rings is 2. The lowest BCUT2D eigenvalue weighted by Gasteiger charge is -2.18. The first-order chi connectivity index (χ1) is 14.0. The number of carbonyl (C=O) groups excluding carboxylic acids is 2. The van der Waals surface area contributed by atoms with E-state index in [-0.39, 0.29) is 18.2 Å². The molecule has 30 heavy (non-hydrogen) atoms. The molecule has 0 aromatic heterocycles. The average molecular weight is 430 g/mol. The molecule has 0 fully saturated rings. The van der Waals surface area contributed by atoms with Crippen molar-refractivity contribution in [2.75, 3.05) is 5.32 Å². The van der Waals surface area contributed by atoms with Gasteiger partial charge >= 0.3 is 12.4 Å². The summed E-state index contributed by atoms with van der Waals surface area (Å²) in [5, 5.41) is 4.70. The molecule has 0 aliphatic rings. The minimum atomic E-state index is -5.06. The van der Waals surface area contributed by atoms with Crippen LogP contribution in [0.1, 0.15) is 11.1 Å². The fourth-order valence-electron chi connectivity index (χ4n) is 2.41. The summed E-state index contributed by atoms with van der Waals surface area (Å²) >= 11 is 0. The van der Waals surface area contributed by atoms with Gasteiger partial charge in [-0.2, -0.15) is 26.3 Å². The summed E-state index contributed by atoms with van der Waals surface area (Å²) in [5.74, 6) is -2.91. The molecular formula is C20H16F6N2O2. The van der Waals surface area contributed by atoms with Gasteiger partial charge in [-0.1, -0.05) is 36.4 Å². The van der Waals surface area contributed by atoms with Gasteiger partial charge in [-0.3, -0.25) is 9.59 Å². The first-order valence-corrected chi connectivity index (χ1v) is 8.52. The average Bonchev–Trinajstić information content (AvgIpc) is 2.66. The van der Waals surface area contributed by atoms with E-state index in [4.69, 9.17) is 0 Å². The Balaban J connectivity index is 2.17. The van der Waals surface area contributed by atoms with E-state index in [1.807, 2.05) is 0 Å².